The third-order valence-electron chi connectivity index (χ3n) is 4.91. The molecule has 0 N–H and O–H groups in total. The highest BCUT2D eigenvalue weighted by atomic mass is 16.6. The van der Waals surface area contributed by atoms with E-state index in [1.807, 2.05) is 13.8 Å². The molecule has 2 heterocycles. The number of ether oxygens (including phenoxy) is 3. The molecule has 0 saturated carbocycles. The van der Waals surface area contributed by atoms with E-state index in [4.69, 9.17) is 18.6 Å². The van der Waals surface area contributed by atoms with Crippen LogP contribution in [0.2, 0.25) is 0 Å². The summed E-state index contributed by atoms with van der Waals surface area (Å²) in [4.78, 5) is 24.8. The standard InChI is InChI=1S/C21H24O6/c1-7-11(2)20(23)26-17-9-13-15(27-21(17,4)5)10-16-18(19(13)24-6)14(22)8-12(3)25-16/h7-8,10,17H,9H2,1-6H3. The maximum Gasteiger partial charge on any atom is 0.333 e. The Kier molecular flexibility index (Phi) is 4.76. The van der Waals surface area contributed by atoms with Gasteiger partial charge in [-0.25, -0.2) is 4.79 Å². The molecular formula is C21H24O6. The molecule has 27 heavy (non-hydrogen) atoms. The first-order valence-electron chi connectivity index (χ1n) is 8.85. The summed E-state index contributed by atoms with van der Waals surface area (Å²) in [5, 5.41) is 0.361. The average molecular weight is 372 g/mol. The Morgan fingerprint density at radius 3 is 2.67 bits per heavy atom. The maximum absolute atomic E-state index is 12.5. The van der Waals surface area contributed by atoms with Crippen molar-refractivity contribution in [3.8, 4) is 11.5 Å². The van der Waals surface area contributed by atoms with Crippen LogP contribution in [-0.2, 0) is 16.0 Å². The van der Waals surface area contributed by atoms with Crippen LogP contribution in [0.3, 0.4) is 0 Å². The Morgan fingerprint density at radius 1 is 1.33 bits per heavy atom. The number of carbonyl (C=O) groups is 1. The summed E-state index contributed by atoms with van der Waals surface area (Å²) >= 11 is 0. The van der Waals surface area contributed by atoms with E-state index in [0.717, 1.165) is 0 Å². The van der Waals surface area contributed by atoms with E-state index in [-0.39, 0.29) is 5.43 Å². The Labute approximate surface area is 157 Å². The lowest BCUT2D eigenvalue weighted by Gasteiger charge is -2.39. The van der Waals surface area contributed by atoms with Crippen LogP contribution in [0.25, 0.3) is 11.0 Å². The zero-order chi connectivity index (χ0) is 19.9. The van der Waals surface area contributed by atoms with Crippen LogP contribution < -0.4 is 14.9 Å². The van der Waals surface area contributed by atoms with Crippen molar-refractivity contribution in [2.24, 2.45) is 0 Å². The summed E-state index contributed by atoms with van der Waals surface area (Å²) < 4.78 is 23.1. The quantitative estimate of drug-likeness (QED) is 0.604. The second-order valence-electron chi connectivity index (χ2n) is 7.26. The molecular weight excluding hydrogens is 348 g/mol. The summed E-state index contributed by atoms with van der Waals surface area (Å²) in [5.74, 6) is 1.08. The molecule has 0 saturated heterocycles. The zero-order valence-electron chi connectivity index (χ0n) is 16.5. The summed E-state index contributed by atoms with van der Waals surface area (Å²) in [6.45, 7) is 8.93. The lowest BCUT2D eigenvalue weighted by atomic mass is 9.89. The predicted molar refractivity (Wildman–Crippen MR) is 101 cm³/mol. The summed E-state index contributed by atoms with van der Waals surface area (Å²) in [7, 11) is 1.50. The van der Waals surface area contributed by atoms with Crippen molar-refractivity contribution in [3.63, 3.8) is 0 Å². The Bertz CT molecular complexity index is 996. The van der Waals surface area contributed by atoms with Crippen molar-refractivity contribution in [2.45, 2.75) is 52.7 Å². The van der Waals surface area contributed by atoms with Crippen molar-refractivity contribution in [1.82, 2.24) is 0 Å². The minimum Gasteiger partial charge on any atom is -0.495 e. The van der Waals surface area contributed by atoms with E-state index in [1.54, 1.807) is 32.9 Å². The highest BCUT2D eigenvalue weighted by Gasteiger charge is 2.42. The molecule has 1 atom stereocenters. The largest absolute Gasteiger partial charge is 0.495 e. The molecule has 1 aromatic heterocycles. The molecule has 0 aliphatic carbocycles. The Hall–Kier alpha value is -2.76. The molecule has 1 aliphatic rings. The Morgan fingerprint density at radius 2 is 2.04 bits per heavy atom. The van der Waals surface area contributed by atoms with E-state index < -0.39 is 17.7 Å². The topological polar surface area (TPSA) is 75.0 Å². The Balaban J connectivity index is 2.14. The summed E-state index contributed by atoms with van der Waals surface area (Å²) in [5.41, 5.74) is 0.692. The van der Waals surface area contributed by atoms with Gasteiger partial charge < -0.3 is 18.6 Å². The molecule has 2 aromatic rings. The van der Waals surface area contributed by atoms with Crippen LogP contribution in [0.1, 0.15) is 39.0 Å². The third kappa shape index (κ3) is 3.31. The second kappa shape index (κ2) is 6.76. The third-order valence-corrected chi connectivity index (χ3v) is 4.91. The van der Waals surface area contributed by atoms with Gasteiger partial charge in [0.1, 0.15) is 39.9 Å². The highest BCUT2D eigenvalue weighted by molar-refractivity contribution is 5.89. The maximum atomic E-state index is 12.5. The van der Waals surface area contributed by atoms with Crippen molar-refractivity contribution in [3.05, 3.63) is 45.3 Å². The van der Waals surface area contributed by atoms with Crippen molar-refractivity contribution < 1.29 is 23.4 Å². The molecule has 6 heteroatoms. The van der Waals surface area contributed by atoms with Gasteiger partial charge >= 0.3 is 5.97 Å². The lowest BCUT2D eigenvalue weighted by Crippen LogP contribution is -2.49. The number of rotatable bonds is 3. The molecule has 3 rings (SSSR count). The van der Waals surface area contributed by atoms with Crippen LogP contribution >= 0.6 is 0 Å². The first-order valence-corrected chi connectivity index (χ1v) is 8.85. The van der Waals surface area contributed by atoms with Crippen molar-refractivity contribution >= 4 is 16.9 Å². The number of aryl methyl sites for hydroxylation is 1. The highest BCUT2D eigenvalue weighted by Crippen LogP contribution is 2.43. The van der Waals surface area contributed by atoms with Crippen LogP contribution in [0.15, 0.2) is 33.0 Å². The fraction of sp³-hybridized carbons (Fsp3) is 0.429. The normalized spacial score (nSPS) is 18.6. The first kappa shape index (κ1) is 19.0. The smallest absolute Gasteiger partial charge is 0.333 e. The van der Waals surface area contributed by atoms with Crippen LogP contribution in [0.5, 0.6) is 11.5 Å². The van der Waals surface area contributed by atoms with Crippen molar-refractivity contribution in [1.29, 1.82) is 0 Å². The van der Waals surface area contributed by atoms with Gasteiger partial charge in [0.25, 0.3) is 0 Å². The molecule has 6 nitrogen and oxygen atoms in total. The number of fused-ring (bicyclic) bond motifs is 2. The van der Waals surface area contributed by atoms with E-state index >= 15 is 0 Å². The van der Waals surface area contributed by atoms with Gasteiger partial charge in [0, 0.05) is 29.7 Å². The number of hydrogen-bond donors (Lipinski definition) is 0. The fourth-order valence-corrected chi connectivity index (χ4v) is 3.24. The summed E-state index contributed by atoms with van der Waals surface area (Å²) in [6, 6.07) is 3.14. The van der Waals surface area contributed by atoms with Gasteiger partial charge in [-0.1, -0.05) is 6.08 Å². The van der Waals surface area contributed by atoms with Gasteiger partial charge in [0.2, 0.25) is 0 Å². The molecule has 1 unspecified atom stereocenters. The molecule has 0 radical (unpaired) electrons. The van der Waals surface area contributed by atoms with E-state index in [0.29, 0.717) is 45.8 Å². The summed E-state index contributed by atoms with van der Waals surface area (Å²) in [6.07, 6.45) is 1.54. The molecule has 0 bridgehead atoms. The van der Waals surface area contributed by atoms with E-state index in [9.17, 15) is 9.59 Å². The number of esters is 1. The molecule has 0 fully saturated rings. The molecule has 1 aromatic carbocycles. The van der Waals surface area contributed by atoms with Crippen LogP contribution in [0.4, 0.5) is 0 Å². The van der Waals surface area contributed by atoms with Crippen molar-refractivity contribution in [2.75, 3.05) is 7.11 Å². The SMILES string of the molecule is CC=C(C)C(=O)OC1Cc2c(cc3oc(C)cc(=O)c3c2OC)OC1(C)C. The van der Waals surface area contributed by atoms with E-state index in [2.05, 4.69) is 0 Å². The van der Waals surface area contributed by atoms with Crippen LogP contribution in [-0.4, -0.2) is 24.8 Å². The minimum atomic E-state index is -0.751. The molecule has 0 spiro atoms. The number of benzene rings is 1. The molecule has 1 aliphatic heterocycles. The second-order valence-corrected chi connectivity index (χ2v) is 7.26. The number of carbonyl (C=O) groups excluding carboxylic acids is 1. The number of allylic oxidation sites excluding steroid dienone is 1. The average Bonchev–Trinajstić information content (AvgIpc) is 2.59. The molecule has 144 valence electrons. The van der Waals surface area contributed by atoms with Gasteiger partial charge in [-0.15, -0.1) is 0 Å². The monoisotopic (exact) mass is 372 g/mol. The minimum absolute atomic E-state index is 0.184. The van der Waals surface area contributed by atoms with Gasteiger partial charge in [-0.05, 0) is 34.6 Å². The zero-order valence-corrected chi connectivity index (χ0v) is 16.5. The van der Waals surface area contributed by atoms with Gasteiger partial charge in [0.15, 0.2) is 5.43 Å². The number of hydrogen-bond acceptors (Lipinski definition) is 6. The first-order chi connectivity index (χ1) is 12.7. The van der Waals surface area contributed by atoms with E-state index in [1.165, 1.54) is 13.2 Å². The van der Waals surface area contributed by atoms with Gasteiger partial charge in [-0.2, -0.15) is 0 Å². The van der Waals surface area contributed by atoms with Gasteiger partial charge in [0.05, 0.1) is 7.11 Å². The number of methoxy groups -OCH3 is 1. The van der Waals surface area contributed by atoms with Crippen LogP contribution in [0, 0.1) is 6.92 Å². The fourth-order valence-electron chi connectivity index (χ4n) is 3.24. The van der Waals surface area contributed by atoms with Gasteiger partial charge in [-0.3, -0.25) is 4.79 Å². The predicted octanol–water partition coefficient (Wildman–Crippen LogP) is 3.70. The molecule has 0 amide bonds. The lowest BCUT2D eigenvalue weighted by molar-refractivity contribution is -0.156.